The molecular formula is C13H13BrClFO3. The van der Waals surface area contributed by atoms with Crippen molar-refractivity contribution < 1.29 is 18.7 Å². The average molecular weight is 352 g/mol. The maximum absolute atomic E-state index is 13.7. The molecule has 0 saturated carbocycles. The largest absolute Gasteiger partial charge is 0.466 e. The molecule has 0 aliphatic rings. The lowest BCUT2D eigenvalue weighted by Gasteiger charge is -2.06. The minimum absolute atomic E-state index is 0.0125. The van der Waals surface area contributed by atoms with E-state index in [1.165, 1.54) is 6.07 Å². The molecule has 6 heteroatoms. The third-order valence-electron chi connectivity index (χ3n) is 2.42. The van der Waals surface area contributed by atoms with Crippen LogP contribution >= 0.6 is 27.5 Å². The quantitative estimate of drug-likeness (QED) is 0.580. The summed E-state index contributed by atoms with van der Waals surface area (Å²) in [4.78, 5) is 22.7. The fourth-order valence-corrected chi connectivity index (χ4v) is 1.97. The van der Waals surface area contributed by atoms with Crippen molar-refractivity contribution in [3.63, 3.8) is 0 Å². The SMILES string of the molecule is CCOC(=O)CCC(=O)Cc1ccc(Br)c(Cl)c1F. The van der Waals surface area contributed by atoms with Crippen LogP contribution in [0.15, 0.2) is 16.6 Å². The van der Waals surface area contributed by atoms with Gasteiger partial charge < -0.3 is 4.74 Å². The van der Waals surface area contributed by atoms with Gasteiger partial charge in [0, 0.05) is 17.3 Å². The van der Waals surface area contributed by atoms with Gasteiger partial charge in [0.1, 0.15) is 11.6 Å². The van der Waals surface area contributed by atoms with E-state index >= 15 is 0 Å². The summed E-state index contributed by atoms with van der Waals surface area (Å²) in [6.07, 6.45) is -0.0389. The third kappa shape index (κ3) is 4.91. The van der Waals surface area contributed by atoms with Gasteiger partial charge in [-0.25, -0.2) is 4.39 Å². The van der Waals surface area contributed by atoms with Crippen LogP contribution in [0.1, 0.15) is 25.3 Å². The van der Waals surface area contributed by atoms with Crippen LogP contribution in [0, 0.1) is 5.82 Å². The second kappa shape index (κ2) is 7.60. The van der Waals surface area contributed by atoms with E-state index in [2.05, 4.69) is 15.9 Å². The van der Waals surface area contributed by atoms with Gasteiger partial charge in [-0.1, -0.05) is 17.7 Å². The van der Waals surface area contributed by atoms with E-state index in [-0.39, 0.29) is 42.2 Å². The Morgan fingerprint density at radius 1 is 1.37 bits per heavy atom. The number of ketones is 1. The highest BCUT2D eigenvalue weighted by Gasteiger charge is 2.14. The minimum Gasteiger partial charge on any atom is -0.466 e. The molecule has 0 bridgehead atoms. The Hall–Kier alpha value is -0.940. The summed E-state index contributed by atoms with van der Waals surface area (Å²) in [5, 5.41) is -0.0457. The molecule has 0 aromatic heterocycles. The predicted octanol–water partition coefficient (Wildman–Crippen LogP) is 3.70. The van der Waals surface area contributed by atoms with Crippen molar-refractivity contribution >= 4 is 39.3 Å². The molecule has 1 rings (SSSR count). The smallest absolute Gasteiger partial charge is 0.306 e. The van der Waals surface area contributed by atoms with Gasteiger partial charge in [-0.2, -0.15) is 0 Å². The number of Topliss-reactive ketones (excluding diaryl/α,β-unsaturated/α-hetero) is 1. The molecule has 0 amide bonds. The zero-order chi connectivity index (χ0) is 14.4. The first kappa shape index (κ1) is 16.1. The number of hydrogen-bond donors (Lipinski definition) is 0. The predicted molar refractivity (Wildman–Crippen MR) is 73.7 cm³/mol. The highest BCUT2D eigenvalue weighted by Crippen LogP contribution is 2.27. The second-order valence-corrected chi connectivity index (χ2v) is 5.09. The van der Waals surface area contributed by atoms with E-state index < -0.39 is 11.8 Å². The first-order valence-electron chi connectivity index (χ1n) is 5.75. The number of ether oxygens (including phenoxy) is 1. The summed E-state index contributed by atoms with van der Waals surface area (Å²) in [6.45, 7) is 1.98. The van der Waals surface area contributed by atoms with Crippen LogP contribution in [0.5, 0.6) is 0 Å². The van der Waals surface area contributed by atoms with Gasteiger partial charge in [-0.3, -0.25) is 9.59 Å². The Labute approximate surface area is 124 Å². The van der Waals surface area contributed by atoms with E-state index in [4.69, 9.17) is 16.3 Å². The maximum Gasteiger partial charge on any atom is 0.306 e. The fourth-order valence-electron chi connectivity index (χ4n) is 1.48. The zero-order valence-electron chi connectivity index (χ0n) is 10.3. The molecule has 1 aromatic rings. The van der Waals surface area contributed by atoms with Crippen LogP contribution in [0.4, 0.5) is 4.39 Å². The third-order valence-corrected chi connectivity index (χ3v) is 3.67. The Bertz CT molecular complexity index is 491. The number of esters is 1. The van der Waals surface area contributed by atoms with Gasteiger partial charge in [-0.05, 0) is 34.5 Å². The molecule has 104 valence electrons. The maximum atomic E-state index is 13.7. The molecular weight excluding hydrogens is 338 g/mol. The van der Waals surface area contributed by atoms with Crippen LogP contribution in [0.3, 0.4) is 0 Å². The van der Waals surface area contributed by atoms with E-state index in [0.717, 1.165) is 0 Å². The lowest BCUT2D eigenvalue weighted by atomic mass is 10.1. The Kier molecular flexibility index (Phi) is 6.45. The minimum atomic E-state index is -0.611. The number of rotatable bonds is 6. The molecule has 0 unspecified atom stereocenters. The van der Waals surface area contributed by atoms with Gasteiger partial charge in [0.2, 0.25) is 0 Å². The molecule has 19 heavy (non-hydrogen) atoms. The summed E-state index contributed by atoms with van der Waals surface area (Å²) in [5.41, 5.74) is 0.224. The van der Waals surface area contributed by atoms with Crippen molar-refractivity contribution in [2.45, 2.75) is 26.2 Å². The lowest BCUT2D eigenvalue weighted by molar-refractivity contribution is -0.144. The van der Waals surface area contributed by atoms with E-state index in [1.807, 2.05) is 0 Å². The monoisotopic (exact) mass is 350 g/mol. The van der Waals surface area contributed by atoms with Crippen molar-refractivity contribution in [3.05, 3.63) is 33.0 Å². The summed E-state index contributed by atoms with van der Waals surface area (Å²) < 4.78 is 18.9. The summed E-state index contributed by atoms with van der Waals surface area (Å²) in [7, 11) is 0. The van der Waals surface area contributed by atoms with Gasteiger partial charge in [0.25, 0.3) is 0 Å². The zero-order valence-corrected chi connectivity index (χ0v) is 12.7. The molecule has 0 spiro atoms. The van der Waals surface area contributed by atoms with Crippen LogP contribution in [-0.2, 0) is 20.7 Å². The van der Waals surface area contributed by atoms with Crippen LogP contribution in [-0.4, -0.2) is 18.4 Å². The number of hydrogen-bond acceptors (Lipinski definition) is 3. The van der Waals surface area contributed by atoms with Crippen molar-refractivity contribution in [1.29, 1.82) is 0 Å². The second-order valence-electron chi connectivity index (χ2n) is 3.85. The van der Waals surface area contributed by atoms with Crippen LogP contribution < -0.4 is 0 Å². The van der Waals surface area contributed by atoms with Gasteiger partial charge in [-0.15, -0.1) is 0 Å². The van der Waals surface area contributed by atoms with Crippen LogP contribution in [0.25, 0.3) is 0 Å². The molecule has 0 saturated heterocycles. The lowest BCUT2D eigenvalue weighted by Crippen LogP contribution is -2.10. The van der Waals surface area contributed by atoms with Crippen molar-refractivity contribution in [3.8, 4) is 0 Å². The number of benzene rings is 1. The number of halogens is 3. The summed E-state index contributed by atoms with van der Waals surface area (Å²) in [6, 6.07) is 3.08. The Morgan fingerprint density at radius 3 is 2.68 bits per heavy atom. The molecule has 0 radical (unpaired) electrons. The van der Waals surface area contributed by atoms with Crippen molar-refractivity contribution in [2.75, 3.05) is 6.61 Å². The Morgan fingerprint density at radius 2 is 2.05 bits per heavy atom. The summed E-state index contributed by atoms with van der Waals surface area (Å²) in [5.74, 6) is -1.27. The van der Waals surface area contributed by atoms with Gasteiger partial charge >= 0.3 is 5.97 Å². The molecule has 0 aliphatic carbocycles. The van der Waals surface area contributed by atoms with Crippen molar-refractivity contribution in [2.24, 2.45) is 0 Å². The molecule has 1 aromatic carbocycles. The average Bonchev–Trinajstić information content (AvgIpc) is 2.37. The Balaban J connectivity index is 2.58. The molecule has 0 fully saturated rings. The first-order chi connectivity index (χ1) is 8.95. The van der Waals surface area contributed by atoms with Crippen molar-refractivity contribution in [1.82, 2.24) is 0 Å². The highest BCUT2D eigenvalue weighted by atomic mass is 79.9. The van der Waals surface area contributed by atoms with E-state index in [0.29, 0.717) is 4.47 Å². The van der Waals surface area contributed by atoms with Gasteiger partial charge in [0.15, 0.2) is 0 Å². The normalized spacial score (nSPS) is 10.3. The summed E-state index contributed by atoms with van der Waals surface area (Å²) >= 11 is 8.82. The van der Waals surface area contributed by atoms with Crippen LogP contribution in [0.2, 0.25) is 5.02 Å². The standard InChI is InChI=1S/C13H13BrClFO3/c1-2-19-11(18)6-4-9(17)7-8-3-5-10(14)12(15)13(8)16/h3,5H,2,4,6-7H2,1H3. The topological polar surface area (TPSA) is 43.4 Å². The highest BCUT2D eigenvalue weighted by molar-refractivity contribution is 9.10. The molecule has 0 heterocycles. The number of carbonyl (C=O) groups is 2. The van der Waals surface area contributed by atoms with E-state index in [1.54, 1.807) is 13.0 Å². The molecule has 0 aliphatic heterocycles. The molecule has 0 N–H and O–H groups in total. The molecule has 0 atom stereocenters. The van der Waals surface area contributed by atoms with Gasteiger partial charge in [0.05, 0.1) is 18.1 Å². The first-order valence-corrected chi connectivity index (χ1v) is 6.92. The number of carbonyl (C=O) groups excluding carboxylic acids is 2. The molecule has 3 nitrogen and oxygen atoms in total. The fraction of sp³-hybridized carbons (Fsp3) is 0.385. The van der Waals surface area contributed by atoms with E-state index in [9.17, 15) is 14.0 Å².